The van der Waals surface area contributed by atoms with Crippen molar-refractivity contribution in [3.63, 3.8) is 0 Å². The van der Waals surface area contributed by atoms with Crippen LogP contribution in [-0.2, 0) is 4.79 Å². The van der Waals surface area contributed by atoms with Gasteiger partial charge in [0.05, 0.1) is 0 Å². The molecule has 1 heterocycles. The Morgan fingerprint density at radius 1 is 1.71 bits per heavy atom. The first-order valence-corrected chi connectivity index (χ1v) is 6.54. The van der Waals surface area contributed by atoms with Crippen LogP contribution in [0.2, 0.25) is 0 Å². The quantitative estimate of drug-likeness (QED) is 0.720. The normalized spacial score (nSPS) is 23.4. The molecule has 3 nitrogen and oxygen atoms in total. The number of carbonyl (C=O) groups is 1. The topological polar surface area (TPSA) is 41.1 Å². The highest BCUT2D eigenvalue weighted by molar-refractivity contribution is 7.99. The van der Waals surface area contributed by atoms with Gasteiger partial charge in [-0.1, -0.05) is 6.92 Å². The van der Waals surface area contributed by atoms with Gasteiger partial charge in [-0.05, 0) is 25.6 Å². The van der Waals surface area contributed by atoms with Crippen LogP contribution in [0.5, 0.6) is 0 Å². The van der Waals surface area contributed by atoms with Crippen LogP contribution in [0.25, 0.3) is 0 Å². The number of thioether (sulfide) groups is 1. The number of nitrogens with one attached hydrogen (secondary N) is 2. The number of hydrogen-bond acceptors (Lipinski definition) is 3. The van der Waals surface area contributed by atoms with Gasteiger partial charge in [0.2, 0.25) is 5.91 Å². The van der Waals surface area contributed by atoms with E-state index in [1.54, 1.807) is 11.8 Å². The smallest absolute Gasteiger partial charge is 0.221 e. The van der Waals surface area contributed by atoms with Crippen molar-refractivity contribution in [1.82, 2.24) is 10.6 Å². The molecule has 1 aliphatic heterocycles. The van der Waals surface area contributed by atoms with E-state index >= 15 is 0 Å². The van der Waals surface area contributed by atoms with Gasteiger partial charge in [-0.15, -0.1) is 0 Å². The summed E-state index contributed by atoms with van der Waals surface area (Å²) in [7, 11) is 0. The summed E-state index contributed by atoms with van der Waals surface area (Å²) < 4.78 is 0. The van der Waals surface area contributed by atoms with E-state index in [-0.39, 0.29) is 5.91 Å². The van der Waals surface area contributed by atoms with Gasteiger partial charge < -0.3 is 10.6 Å². The Labute approximate surface area is 90.4 Å². The molecule has 1 amide bonds. The zero-order valence-corrected chi connectivity index (χ0v) is 9.82. The molecule has 1 rings (SSSR count). The standard InChI is InChI=1S/C10H20N2OS/c1-8(14-2)7-12-10(13)6-9-4-3-5-11-9/h8-9,11H,3-7H2,1-2H3,(H,12,13)/t8-,9+/m1/s1. The zero-order valence-electron chi connectivity index (χ0n) is 9.01. The molecule has 1 fully saturated rings. The Kier molecular flexibility index (Phi) is 5.33. The molecular weight excluding hydrogens is 196 g/mol. The molecule has 0 aromatic heterocycles. The molecule has 0 aromatic carbocycles. The fraction of sp³-hybridized carbons (Fsp3) is 0.900. The highest BCUT2D eigenvalue weighted by Crippen LogP contribution is 2.08. The average Bonchev–Trinajstić information content (AvgIpc) is 2.66. The molecule has 0 bridgehead atoms. The molecular formula is C10H20N2OS. The van der Waals surface area contributed by atoms with Gasteiger partial charge in [0.25, 0.3) is 0 Å². The molecule has 2 atom stereocenters. The van der Waals surface area contributed by atoms with Crippen molar-refractivity contribution in [1.29, 1.82) is 0 Å². The van der Waals surface area contributed by atoms with Gasteiger partial charge >= 0.3 is 0 Å². The van der Waals surface area contributed by atoms with E-state index in [1.165, 1.54) is 6.42 Å². The van der Waals surface area contributed by atoms with E-state index in [0.717, 1.165) is 19.5 Å². The van der Waals surface area contributed by atoms with Gasteiger partial charge in [0.1, 0.15) is 0 Å². The molecule has 82 valence electrons. The lowest BCUT2D eigenvalue weighted by atomic mass is 10.1. The minimum Gasteiger partial charge on any atom is -0.355 e. The summed E-state index contributed by atoms with van der Waals surface area (Å²) in [6.07, 6.45) is 5.06. The number of hydrogen-bond donors (Lipinski definition) is 2. The van der Waals surface area contributed by atoms with Crippen LogP contribution in [0.15, 0.2) is 0 Å². The number of carbonyl (C=O) groups excluding carboxylic acids is 1. The van der Waals surface area contributed by atoms with E-state index in [2.05, 4.69) is 23.8 Å². The predicted octanol–water partition coefficient (Wildman–Crippen LogP) is 0.996. The van der Waals surface area contributed by atoms with Crippen molar-refractivity contribution >= 4 is 17.7 Å². The first-order valence-electron chi connectivity index (χ1n) is 5.25. The second-order valence-corrected chi connectivity index (χ2v) is 5.12. The van der Waals surface area contributed by atoms with Crippen LogP contribution in [-0.4, -0.2) is 36.5 Å². The molecule has 1 saturated heterocycles. The summed E-state index contributed by atoms with van der Waals surface area (Å²) in [5.74, 6) is 0.185. The van der Waals surface area contributed by atoms with E-state index in [1.807, 2.05) is 0 Å². The van der Waals surface area contributed by atoms with Crippen molar-refractivity contribution in [2.45, 2.75) is 37.5 Å². The van der Waals surface area contributed by atoms with Crippen molar-refractivity contribution in [3.8, 4) is 0 Å². The summed E-state index contributed by atoms with van der Waals surface area (Å²) in [6, 6.07) is 0.416. The molecule has 0 radical (unpaired) electrons. The third-order valence-corrected chi connectivity index (χ3v) is 3.55. The Balaban J connectivity index is 2.09. The Morgan fingerprint density at radius 3 is 3.07 bits per heavy atom. The fourth-order valence-electron chi connectivity index (χ4n) is 1.57. The fourth-order valence-corrected chi connectivity index (χ4v) is 1.82. The maximum atomic E-state index is 11.5. The third kappa shape index (κ3) is 4.33. The monoisotopic (exact) mass is 216 g/mol. The summed E-state index contributed by atoms with van der Waals surface area (Å²) in [6.45, 7) is 3.98. The maximum absolute atomic E-state index is 11.5. The highest BCUT2D eigenvalue weighted by Gasteiger charge is 2.17. The molecule has 0 aromatic rings. The lowest BCUT2D eigenvalue weighted by molar-refractivity contribution is -0.121. The van der Waals surface area contributed by atoms with Gasteiger partial charge in [-0.25, -0.2) is 0 Å². The van der Waals surface area contributed by atoms with Crippen molar-refractivity contribution in [2.75, 3.05) is 19.3 Å². The van der Waals surface area contributed by atoms with E-state index < -0.39 is 0 Å². The third-order valence-electron chi connectivity index (χ3n) is 2.58. The van der Waals surface area contributed by atoms with Gasteiger partial charge in [-0.3, -0.25) is 4.79 Å². The van der Waals surface area contributed by atoms with E-state index in [0.29, 0.717) is 17.7 Å². The highest BCUT2D eigenvalue weighted by atomic mass is 32.2. The van der Waals surface area contributed by atoms with Gasteiger partial charge in [0.15, 0.2) is 0 Å². The predicted molar refractivity (Wildman–Crippen MR) is 61.6 cm³/mol. The molecule has 14 heavy (non-hydrogen) atoms. The lowest BCUT2D eigenvalue weighted by Crippen LogP contribution is -2.34. The minimum atomic E-state index is 0.185. The first-order chi connectivity index (χ1) is 6.72. The summed E-state index contributed by atoms with van der Waals surface area (Å²) in [5.41, 5.74) is 0. The number of rotatable bonds is 5. The van der Waals surface area contributed by atoms with Crippen molar-refractivity contribution in [3.05, 3.63) is 0 Å². The van der Waals surface area contributed by atoms with Crippen molar-refractivity contribution < 1.29 is 4.79 Å². The average molecular weight is 216 g/mol. The van der Waals surface area contributed by atoms with E-state index in [9.17, 15) is 4.79 Å². The lowest BCUT2D eigenvalue weighted by Gasteiger charge is -2.12. The second-order valence-electron chi connectivity index (χ2n) is 3.85. The Hall–Kier alpha value is -0.220. The molecule has 0 saturated carbocycles. The minimum absolute atomic E-state index is 0.185. The van der Waals surface area contributed by atoms with E-state index in [4.69, 9.17) is 0 Å². The van der Waals surface area contributed by atoms with Crippen LogP contribution < -0.4 is 10.6 Å². The number of amides is 1. The van der Waals surface area contributed by atoms with Crippen molar-refractivity contribution in [2.24, 2.45) is 0 Å². The Bertz CT molecular complexity index is 181. The molecule has 0 unspecified atom stereocenters. The molecule has 0 spiro atoms. The van der Waals surface area contributed by atoms with Crippen LogP contribution in [0.1, 0.15) is 26.2 Å². The molecule has 4 heteroatoms. The summed E-state index contributed by atoms with van der Waals surface area (Å²) in [5, 5.41) is 6.79. The van der Waals surface area contributed by atoms with Crippen LogP contribution in [0.4, 0.5) is 0 Å². The molecule has 2 N–H and O–H groups in total. The second kappa shape index (κ2) is 6.30. The Morgan fingerprint density at radius 2 is 2.50 bits per heavy atom. The molecule has 1 aliphatic rings. The van der Waals surface area contributed by atoms with Crippen LogP contribution in [0.3, 0.4) is 0 Å². The SMILES string of the molecule is CS[C@H](C)CNC(=O)C[C@@H]1CCCN1. The molecule has 0 aliphatic carbocycles. The van der Waals surface area contributed by atoms with Crippen LogP contribution in [0, 0.1) is 0 Å². The van der Waals surface area contributed by atoms with Gasteiger partial charge in [0, 0.05) is 24.3 Å². The first kappa shape index (κ1) is 11.9. The maximum Gasteiger partial charge on any atom is 0.221 e. The summed E-state index contributed by atoms with van der Waals surface area (Å²) >= 11 is 1.78. The zero-order chi connectivity index (χ0) is 10.4. The largest absolute Gasteiger partial charge is 0.355 e. The van der Waals surface area contributed by atoms with Crippen LogP contribution >= 0.6 is 11.8 Å². The summed E-state index contributed by atoms with van der Waals surface area (Å²) in [4.78, 5) is 11.5. The van der Waals surface area contributed by atoms with Gasteiger partial charge in [-0.2, -0.15) is 11.8 Å².